The molecule has 2 fully saturated rings. The van der Waals surface area contributed by atoms with E-state index in [1.807, 2.05) is 6.92 Å². The van der Waals surface area contributed by atoms with E-state index in [1.54, 1.807) is 30.2 Å². The molecule has 0 spiro atoms. The van der Waals surface area contributed by atoms with E-state index in [0.29, 0.717) is 37.4 Å². The number of amides is 2. The van der Waals surface area contributed by atoms with Crippen LogP contribution in [0.1, 0.15) is 41.6 Å². The number of halogens is 1. The van der Waals surface area contributed by atoms with Crippen LogP contribution in [0, 0.1) is 6.92 Å². The predicted molar refractivity (Wildman–Crippen MR) is 92.5 cm³/mol. The van der Waals surface area contributed by atoms with E-state index in [1.165, 1.54) is 4.90 Å². The first-order valence-electron chi connectivity index (χ1n) is 8.87. The van der Waals surface area contributed by atoms with Crippen LogP contribution >= 0.6 is 0 Å². The summed E-state index contributed by atoms with van der Waals surface area (Å²) in [5.41, 5.74) is -0.651. The maximum Gasteiger partial charge on any atom is 0.262 e. The zero-order chi connectivity index (χ0) is 18.0. The molecule has 0 aromatic heterocycles. The van der Waals surface area contributed by atoms with Gasteiger partial charge in [0.2, 0.25) is 5.67 Å². The number of alkyl halides is 1. The fourth-order valence-electron chi connectivity index (χ4n) is 3.74. The summed E-state index contributed by atoms with van der Waals surface area (Å²) in [4.78, 5) is 28.5. The van der Waals surface area contributed by atoms with Gasteiger partial charge in [0.15, 0.2) is 0 Å². The van der Waals surface area contributed by atoms with Crippen LogP contribution in [0.4, 0.5) is 4.39 Å². The Morgan fingerprint density at radius 3 is 2.44 bits per heavy atom. The number of carbonyl (C=O) groups is 2. The Morgan fingerprint density at radius 1 is 1.12 bits per heavy atom. The quantitative estimate of drug-likeness (QED) is 0.844. The summed E-state index contributed by atoms with van der Waals surface area (Å²) in [6, 6.07) is 5.21. The molecule has 1 aromatic rings. The van der Waals surface area contributed by atoms with Crippen molar-refractivity contribution in [2.75, 3.05) is 33.3 Å². The van der Waals surface area contributed by atoms with Gasteiger partial charge in [-0.1, -0.05) is 0 Å². The van der Waals surface area contributed by atoms with Crippen molar-refractivity contribution in [3.8, 4) is 5.75 Å². The summed E-state index contributed by atoms with van der Waals surface area (Å²) in [5, 5.41) is 0. The van der Waals surface area contributed by atoms with Gasteiger partial charge in [0.05, 0.1) is 13.7 Å². The lowest BCUT2D eigenvalue weighted by Crippen LogP contribution is -2.56. The highest BCUT2D eigenvalue weighted by Crippen LogP contribution is 2.30. The Kier molecular flexibility index (Phi) is 4.97. The highest BCUT2D eigenvalue weighted by molar-refractivity contribution is 5.96. The first-order chi connectivity index (χ1) is 11.9. The third-order valence-electron chi connectivity index (χ3n) is 5.17. The van der Waals surface area contributed by atoms with Crippen molar-refractivity contribution in [3.63, 3.8) is 0 Å². The smallest absolute Gasteiger partial charge is 0.262 e. The van der Waals surface area contributed by atoms with Gasteiger partial charge in [0.25, 0.3) is 11.8 Å². The van der Waals surface area contributed by atoms with E-state index in [0.717, 1.165) is 18.4 Å². The van der Waals surface area contributed by atoms with E-state index in [4.69, 9.17) is 4.74 Å². The Morgan fingerprint density at radius 2 is 1.80 bits per heavy atom. The number of hydrogen-bond acceptors (Lipinski definition) is 3. The molecular weight excluding hydrogens is 323 g/mol. The van der Waals surface area contributed by atoms with E-state index < -0.39 is 11.6 Å². The molecule has 25 heavy (non-hydrogen) atoms. The number of methoxy groups -OCH3 is 1. The van der Waals surface area contributed by atoms with E-state index >= 15 is 4.39 Å². The van der Waals surface area contributed by atoms with Crippen molar-refractivity contribution in [1.29, 1.82) is 0 Å². The second-order valence-corrected chi connectivity index (χ2v) is 6.98. The minimum atomic E-state index is -1.96. The molecule has 1 unspecified atom stereocenters. The molecule has 2 saturated heterocycles. The minimum Gasteiger partial charge on any atom is -0.497 e. The number of rotatable bonds is 3. The average Bonchev–Trinajstić information content (AvgIpc) is 3.15. The molecule has 0 radical (unpaired) electrons. The maximum absolute atomic E-state index is 15.4. The Hall–Kier alpha value is -2.11. The summed E-state index contributed by atoms with van der Waals surface area (Å²) in [7, 11) is 1.57. The van der Waals surface area contributed by atoms with Crippen molar-refractivity contribution in [3.05, 3.63) is 29.3 Å². The first kappa shape index (κ1) is 17.7. The number of ether oxygens (including phenoxy) is 1. The molecule has 0 N–H and O–H groups in total. The summed E-state index contributed by atoms with van der Waals surface area (Å²) in [6.45, 7) is 3.39. The highest BCUT2D eigenvalue weighted by Gasteiger charge is 2.46. The van der Waals surface area contributed by atoms with Gasteiger partial charge in [-0.05, 0) is 56.4 Å². The zero-order valence-corrected chi connectivity index (χ0v) is 14.9. The maximum atomic E-state index is 15.4. The molecule has 0 saturated carbocycles. The predicted octanol–water partition coefficient (Wildman–Crippen LogP) is 2.57. The standard InChI is InChI=1S/C19H25FN2O3/c1-14-12-15(25-2)6-7-16(14)17(23)22-11-5-8-19(20,13-22)18(24)21-9-3-4-10-21/h6-7,12H,3-5,8-11,13H2,1-2H3. The first-order valence-corrected chi connectivity index (χ1v) is 8.87. The number of nitrogens with zero attached hydrogens (tertiary/aromatic N) is 2. The number of benzene rings is 1. The van der Waals surface area contributed by atoms with Gasteiger partial charge < -0.3 is 14.5 Å². The number of aryl methyl sites for hydroxylation is 1. The van der Waals surface area contributed by atoms with E-state index in [9.17, 15) is 9.59 Å². The van der Waals surface area contributed by atoms with E-state index in [2.05, 4.69) is 0 Å². The van der Waals surface area contributed by atoms with Gasteiger partial charge in [-0.15, -0.1) is 0 Å². The molecule has 2 heterocycles. The Balaban J connectivity index is 1.76. The van der Waals surface area contributed by atoms with Crippen molar-refractivity contribution < 1.29 is 18.7 Å². The molecule has 1 atom stereocenters. The van der Waals surface area contributed by atoms with Crippen LogP contribution in [0.5, 0.6) is 5.75 Å². The number of likely N-dealkylation sites (tertiary alicyclic amines) is 2. The molecule has 136 valence electrons. The van der Waals surface area contributed by atoms with Crippen LogP contribution in [0.3, 0.4) is 0 Å². The van der Waals surface area contributed by atoms with Gasteiger partial charge in [-0.3, -0.25) is 9.59 Å². The van der Waals surface area contributed by atoms with Gasteiger partial charge >= 0.3 is 0 Å². The van der Waals surface area contributed by atoms with Crippen LogP contribution in [-0.4, -0.2) is 60.6 Å². The minimum absolute atomic E-state index is 0.160. The largest absolute Gasteiger partial charge is 0.497 e. The lowest BCUT2D eigenvalue weighted by Gasteiger charge is -2.38. The fraction of sp³-hybridized carbons (Fsp3) is 0.579. The highest BCUT2D eigenvalue weighted by atomic mass is 19.1. The summed E-state index contributed by atoms with van der Waals surface area (Å²) >= 11 is 0. The molecule has 2 amide bonds. The van der Waals surface area contributed by atoms with Crippen LogP contribution in [0.15, 0.2) is 18.2 Å². The van der Waals surface area contributed by atoms with Gasteiger partial charge in [0, 0.05) is 25.2 Å². The third-order valence-corrected chi connectivity index (χ3v) is 5.17. The molecule has 5 nitrogen and oxygen atoms in total. The molecule has 2 aliphatic rings. The topological polar surface area (TPSA) is 49.9 Å². The lowest BCUT2D eigenvalue weighted by molar-refractivity contribution is -0.146. The summed E-state index contributed by atoms with van der Waals surface area (Å²) in [6.07, 6.45) is 2.54. The second-order valence-electron chi connectivity index (χ2n) is 6.98. The number of hydrogen-bond donors (Lipinski definition) is 0. The monoisotopic (exact) mass is 348 g/mol. The molecular formula is C19H25FN2O3. The van der Waals surface area contributed by atoms with Gasteiger partial charge in [-0.2, -0.15) is 0 Å². The molecule has 0 aliphatic carbocycles. The molecule has 1 aromatic carbocycles. The number of carbonyl (C=O) groups excluding carboxylic acids is 2. The van der Waals surface area contributed by atoms with Crippen molar-refractivity contribution in [1.82, 2.24) is 9.80 Å². The van der Waals surface area contributed by atoms with Crippen LogP contribution < -0.4 is 4.74 Å². The van der Waals surface area contributed by atoms with Crippen LogP contribution in [-0.2, 0) is 4.79 Å². The molecule has 6 heteroatoms. The second kappa shape index (κ2) is 7.02. The van der Waals surface area contributed by atoms with E-state index in [-0.39, 0.29) is 18.9 Å². The SMILES string of the molecule is COc1ccc(C(=O)N2CCCC(F)(C(=O)N3CCCC3)C2)c(C)c1. The molecule has 0 bridgehead atoms. The third kappa shape index (κ3) is 3.48. The number of piperidine rings is 1. The van der Waals surface area contributed by atoms with Crippen LogP contribution in [0.25, 0.3) is 0 Å². The summed E-state index contributed by atoms with van der Waals surface area (Å²) in [5.74, 6) is 0.00166. The zero-order valence-electron chi connectivity index (χ0n) is 14.9. The molecule has 2 aliphatic heterocycles. The van der Waals surface area contributed by atoms with Gasteiger partial charge in [0.1, 0.15) is 5.75 Å². The summed E-state index contributed by atoms with van der Waals surface area (Å²) < 4.78 is 20.5. The van der Waals surface area contributed by atoms with Crippen LogP contribution in [0.2, 0.25) is 0 Å². The normalized spacial score (nSPS) is 23.6. The van der Waals surface area contributed by atoms with Gasteiger partial charge in [-0.25, -0.2) is 4.39 Å². The Bertz CT molecular complexity index is 673. The fourth-order valence-corrected chi connectivity index (χ4v) is 3.74. The Labute approximate surface area is 147 Å². The van der Waals surface area contributed by atoms with Crippen molar-refractivity contribution in [2.24, 2.45) is 0 Å². The average molecular weight is 348 g/mol. The lowest BCUT2D eigenvalue weighted by atomic mass is 9.92. The van der Waals surface area contributed by atoms with Crippen molar-refractivity contribution >= 4 is 11.8 Å². The van der Waals surface area contributed by atoms with Crippen molar-refractivity contribution in [2.45, 2.75) is 38.3 Å². The molecule has 3 rings (SSSR count).